The molecular weight excluding hydrogens is 318 g/mol. The average Bonchev–Trinajstić information content (AvgIpc) is 2.96. The number of hydrogen-bond donors (Lipinski definition) is 3. The minimum absolute atomic E-state index is 0.102. The van der Waals surface area contributed by atoms with E-state index < -0.39 is 16.0 Å². The van der Waals surface area contributed by atoms with Gasteiger partial charge in [0.25, 0.3) is 10.0 Å². The Balaban J connectivity index is 1.96. The Morgan fingerprint density at radius 3 is 2.70 bits per heavy atom. The highest BCUT2D eigenvalue weighted by atomic mass is 32.2. The number of carboxylic acids is 1. The topological polar surface area (TPSA) is 112 Å². The number of benzene rings is 2. The summed E-state index contributed by atoms with van der Waals surface area (Å²) in [5, 5.41) is 16.2. The molecule has 3 rings (SSSR count). The molecule has 1 aromatic heterocycles. The Bertz CT molecular complexity index is 1010. The predicted octanol–water partition coefficient (Wildman–Crippen LogP) is 2.37. The number of carboxylic acid groups (broad SMARTS) is 1. The van der Waals surface area contributed by atoms with Crippen LogP contribution in [-0.2, 0) is 10.0 Å². The van der Waals surface area contributed by atoms with Crippen molar-refractivity contribution >= 4 is 32.6 Å². The first-order chi connectivity index (χ1) is 10.9. The molecule has 0 aliphatic carbocycles. The van der Waals surface area contributed by atoms with Crippen LogP contribution in [0.25, 0.3) is 10.9 Å². The number of hydrogen-bond acceptors (Lipinski definition) is 4. The van der Waals surface area contributed by atoms with Gasteiger partial charge < -0.3 is 5.11 Å². The van der Waals surface area contributed by atoms with Crippen LogP contribution in [0.5, 0.6) is 0 Å². The molecule has 0 amide bonds. The van der Waals surface area contributed by atoms with E-state index >= 15 is 0 Å². The molecule has 1 heterocycles. The summed E-state index contributed by atoms with van der Waals surface area (Å²) in [5.41, 5.74) is 1.70. The van der Waals surface area contributed by atoms with Crippen molar-refractivity contribution in [3.05, 3.63) is 53.7 Å². The van der Waals surface area contributed by atoms with E-state index in [9.17, 15) is 13.2 Å². The average molecular weight is 331 g/mol. The van der Waals surface area contributed by atoms with E-state index in [0.29, 0.717) is 16.6 Å². The smallest absolute Gasteiger partial charge is 0.335 e. The number of sulfonamides is 1. The minimum Gasteiger partial charge on any atom is -0.478 e. The van der Waals surface area contributed by atoms with Gasteiger partial charge in [0, 0.05) is 5.39 Å². The third-order valence-electron chi connectivity index (χ3n) is 3.44. The number of fused-ring (bicyclic) bond motifs is 1. The zero-order valence-corrected chi connectivity index (χ0v) is 12.9. The Kier molecular flexibility index (Phi) is 3.53. The van der Waals surface area contributed by atoms with Crippen molar-refractivity contribution in [3.63, 3.8) is 0 Å². The summed E-state index contributed by atoms with van der Waals surface area (Å²) >= 11 is 0. The number of aryl methyl sites for hydroxylation is 1. The van der Waals surface area contributed by atoms with Gasteiger partial charge >= 0.3 is 5.97 Å². The summed E-state index contributed by atoms with van der Waals surface area (Å²) in [4.78, 5) is 11.0. The van der Waals surface area contributed by atoms with Crippen molar-refractivity contribution in [2.24, 2.45) is 0 Å². The number of aromatic nitrogens is 2. The fourth-order valence-corrected chi connectivity index (χ4v) is 3.37. The Labute approximate surface area is 132 Å². The van der Waals surface area contributed by atoms with E-state index in [1.54, 1.807) is 19.2 Å². The van der Waals surface area contributed by atoms with Crippen LogP contribution in [0.15, 0.2) is 47.5 Å². The first-order valence-electron chi connectivity index (χ1n) is 6.67. The van der Waals surface area contributed by atoms with Crippen LogP contribution >= 0.6 is 0 Å². The van der Waals surface area contributed by atoms with Crippen LogP contribution in [0.4, 0.5) is 5.69 Å². The lowest BCUT2D eigenvalue weighted by Gasteiger charge is -2.11. The molecule has 0 bridgehead atoms. The molecule has 0 atom stereocenters. The zero-order valence-electron chi connectivity index (χ0n) is 12.1. The van der Waals surface area contributed by atoms with Gasteiger partial charge in [0.05, 0.1) is 27.9 Å². The Morgan fingerprint density at radius 2 is 2.00 bits per heavy atom. The van der Waals surface area contributed by atoms with Gasteiger partial charge in [-0.3, -0.25) is 9.82 Å². The molecule has 0 saturated carbocycles. The molecule has 0 saturated heterocycles. The summed E-state index contributed by atoms with van der Waals surface area (Å²) in [6, 6.07) is 8.84. The van der Waals surface area contributed by atoms with Crippen molar-refractivity contribution in [3.8, 4) is 0 Å². The second-order valence-electron chi connectivity index (χ2n) is 5.06. The standard InChI is InChI=1S/C15H13N3O4S/c1-9-6-10(15(19)20)2-4-13(9)18-23(21,22)12-3-5-14-11(7-12)8-16-17-14/h2-8,18H,1H3,(H,16,17)(H,19,20). The van der Waals surface area contributed by atoms with Gasteiger partial charge in [-0.25, -0.2) is 13.2 Å². The molecule has 3 aromatic rings. The Hall–Kier alpha value is -2.87. The maximum atomic E-state index is 12.5. The van der Waals surface area contributed by atoms with E-state index in [1.165, 1.54) is 30.3 Å². The molecule has 0 fully saturated rings. The van der Waals surface area contributed by atoms with E-state index in [-0.39, 0.29) is 10.5 Å². The van der Waals surface area contributed by atoms with Gasteiger partial charge in [0.1, 0.15) is 0 Å². The van der Waals surface area contributed by atoms with Crippen molar-refractivity contribution in [1.82, 2.24) is 10.2 Å². The minimum atomic E-state index is -3.78. The maximum Gasteiger partial charge on any atom is 0.335 e. The SMILES string of the molecule is Cc1cc(C(=O)O)ccc1NS(=O)(=O)c1ccc2[nH]ncc2c1. The monoisotopic (exact) mass is 331 g/mol. The van der Waals surface area contributed by atoms with Gasteiger partial charge in [-0.15, -0.1) is 0 Å². The molecule has 2 aromatic carbocycles. The second-order valence-corrected chi connectivity index (χ2v) is 6.74. The number of H-pyrrole nitrogens is 1. The van der Waals surface area contributed by atoms with Crippen molar-refractivity contribution < 1.29 is 18.3 Å². The number of anilines is 1. The Morgan fingerprint density at radius 1 is 1.22 bits per heavy atom. The molecule has 0 radical (unpaired) electrons. The maximum absolute atomic E-state index is 12.5. The van der Waals surface area contributed by atoms with Gasteiger partial charge in [-0.05, 0) is 48.9 Å². The number of nitrogens with zero attached hydrogens (tertiary/aromatic N) is 1. The number of aromatic carboxylic acids is 1. The lowest BCUT2D eigenvalue weighted by atomic mass is 10.1. The summed E-state index contributed by atoms with van der Waals surface area (Å²) in [6.07, 6.45) is 1.54. The summed E-state index contributed by atoms with van der Waals surface area (Å²) in [6.45, 7) is 1.64. The fourth-order valence-electron chi connectivity index (χ4n) is 2.20. The van der Waals surface area contributed by atoms with Crippen LogP contribution < -0.4 is 4.72 Å². The molecule has 8 heteroatoms. The van der Waals surface area contributed by atoms with E-state index in [0.717, 1.165) is 5.52 Å². The number of rotatable bonds is 4. The zero-order chi connectivity index (χ0) is 16.6. The van der Waals surface area contributed by atoms with E-state index in [1.807, 2.05) is 0 Å². The molecule has 0 unspecified atom stereocenters. The number of aromatic amines is 1. The summed E-state index contributed by atoms with van der Waals surface area (Å²) in [5.74, 6) is -1.06. The molecule has 0 aliphatic heterocycles. The molecule has 0 aliphatic rings. The largest absolute Gasteiger partial charge is 0.478 e. The molecule has 0 spiro atoms. The molecular formula is C15H13N3O4S. The lowest BCUT2D eigenvalue weighted by molar-refractivity contribution is 0.0697. The van der Waals surface area contributed by atoms with Crippen LogP contribution in [0.2, 0.25) is 0 Å². The normalized spacial score (nSPS) is 11.5. The van der Waals surface area contributed by atoms with Crippen molar-refractivity contribution in [1.29, 1.82) is 0 Å². The summed E-state index contributed by atoms with van der Waals surface area (Å²) < 4.78 is 27.4. The molecule has 23 heavy (non-hydrogen) atoms. The third kappa shape index (κ3) is 2.88. The van der Waals surface area contributed by atoms with Gasteiger partial charge in [-0.2, -0.15) is 5.10 Å². The van der Waals surface area contributed by atoms with Crippen molar-refractivity contribution in [2.75, 3.05) is 4.72 Å². The first kappa shape index (κ1) is 15.0. The van der Waals surface area contributed by atoms with Crippen LogP contribution in [0.1, 0.15) is 15.9 Å². The third-order valence-corrected chi connectivity index (χ3v) is 4.80. The highest BCUT2D eigenvalue weighted by Gasteiger charge is 2.17. The lowest BCUT2D eigenvalue weighted by Crippen LogP contribution is -2.14. The predicted molar refractivity (Wildman–Crippen MR) is 85.0 cm³/mol. The summed E-state index contributed by atoms with van der Waals surface area (Å²) in [7, 11) is -3.78. The molecule has 3 N–H and O–H groups in total. The first-order valence-corrected chi connectivity index (χ1v) is 8.15. The highest BCUT2D eigenvalue weighted by Crippen LogP contribution is 2.23. The van der Waals surface area contributed by atoms with Crippen LogP contribution in [-0.4, -0.2) is 29.7 Å². The van der Waals surface area contributed by atoms with Gasteiger partial charge in [0.2, 0.25) is 0 Å². The quantitative estimate of drug-likeness (QED) is 0.679. The molecule has 7 nitrogen and oxygen atoms in total. The van der Waals surface area contributed by atoms with Gasteiger partial charge in [-0.1, -0.05) is 0 Å². The van der Waals surface area contributed by atoms with E-state index in [2.05, 4.69) is 14.9 Å². The van der Waals surface area contributed by atoms with Gasteiger partial charge in [0.15, 0.2) is 0 Å². The van der Waals surface area contributed by atoms with Crippen LogP contribution in [0.3, 0.4) is 0 Å². The number of nitrogens with one attached hydrogen (secondary N) is 2. The van der Waals surface area contributed by atoms with Crippen molar-refractivity contribution in [2.45, 2.75) is 11.8 Å². The fraction of sp³-hybridized carbons (Fsp3) is 0.0667. The van der Waals surface area contributed by atoms with E-state index in [4.69, 9.17) is 5.11 Å². The second kappa shape index (κ2) is 5.40. The highest BCUT2D eigenvalue weighted by molar-refractivity contribution is 7.92. The number of carbonyl (C=O) groups is 1. The van der Waals surface area contributed by atoms with Crippen LogP contribution in [0, 0.1) is 6.92 Å². The molecule has 118 valence electrons.